The molecule has 0 bridgehead atoms. The number of carbonyl (C=O) groups is 1. The molecule has 11 heteroatoms. The summed E-state index contributed by atoms with van der Waals surface area (Å²) in [5, 5.41) is 11.1. The number of aromatic nitrogens is 1. The average Bonchev–Trinajstić information content (AvgIpc) is 2.78. The van der Waals surface area contributed by atoms with Gasteiger partial charge < -0.3 is 19.2 Å². The molecule has 1 heterocycles. The molecule has 0 saturated heterocycles. The number of sulfonamides is 1. The number of hydrogen-bond donors (Lipinski definition) is 2. The standard InChI is InChI=1S/C28H47N3O6SSi/c1-11-21-18-29-25(32)22-14-12-15-23(24(21)22)38(34,35)30-20(2)19-31(26(33)37-27(3,4)5)16-13-17-36-39(9,10)28(6,7)8/h12,14-15,18,20,30H,11,13,16-17,19H2,1-10H3,(H,29,32). The van der Waals surface area contributed by atoms with E-state index in [0.29, 0.717) is 42.3 Å². The highest BCUT2D eigenvalue weighted by Crippen LogP contribution is 2.36. The summed E-state index contributed by atoms with van der Waals surface area (Å²) in [4.78, 5) is 18.6. The van der Waals surface area contributed by atoms with E-state index in [0.717, 1.165) is 0 Å². The van der Waals surface area contributed by atoms with Gasteiger partial charge in [0.25, 0.3) is 0 Å². The van der Waals surface area contributed by atoms with Crippen LogP contribution in [0.15, 0.2) is 29.3 Å². The molecule has 1 amide bonds. The maximum absolute atomic E-state index is 13.5. The van der Waals surface area contributed by atoms with Crippen LogP contribution in [0.3, 0.4) is 0 Å². The Kier molecular flexibility index (Phi) is 10.6. The van der Waals surface area contributed by atoms with Crippen LogP contribution >= 0.6 is 0 Å². The highest BCUT2D eigenvalue weighted by atomic mass is 32.2. The van der Waals surface area contributed by atoms with Crippen LogP contribution in [0.5, 0.6) is 5.88 Å². The van der Waals surface area contributed by atoms with Crippen LogP contribution in [0.1, 0.15) is 67.4 Å². The van der Waals surface area contributed by atoms with E-state index in [9.17, 15) is 18.3 Å². The average molecular weight is 582 g/mol. The summed E-state index contributed by atoms with van der Waals surface area (Å²) >= 11 is 0. The number of rotatable bonds is 11. The number of nitrogens with one attached hydrogen (secondary N) is 1. The Balaban J connectivity index is 2.23. The molecular weight excluding hydrogens is 534 g/mol. The first-order valence-corrected chi connectivity index (χ1v) is 17.9. The van der Waals surface area contributed by atoms with Gasteiger partial charge in [0.05, 0.1) is 4.90 Å². The van der Waals surface area contributed by atoms with Gasteiger partial charge in [-0.05, 0) is 76.4 Å². The number of amides is 1. The predicted octanol–water partition coefficient (Wildman–Crippen LogP) is 5.82. The lowest BCUT2D eigenvalue weighted by molar-refractivity contribution is 0.0230. The first kappa shape index (κ1) is 33.0. The molecule has 1 atom stereocenters. The van der Waals surface area contributed by atoms with E-state index in [1.165, 1.54) is 17.2 Å². The zero-order valence-electron chi connectivity index (χ0n) is 25.2. The van der Waals surface area contributed by atoms with Crippen LogP contribution < -0.4 is 4.72 Å². The van der Waals surface area contributed by atoms with E-state index < -0.39 is 36.1 Å². The molecule has 0 aliphatic carbocycles. The fourth-order valence-electron chi connectivity index (χ4n) is 3.89. The number of nitrogens with zero attached hydrogens (tertiary/aromatic N) is 2. The lowest BCUT2D eigenvalue weighted by atomic mass is 10.1. The molecule has 1 aromatic carbocycles. The molecule has 0 aliphatic rings. The van der Waals surface area contributed by atoms with Crippen LogP contribution in [0.2, 0.25) is 18.1 Å². The minimum Gasteiger partial charge on any atom is -0.493 e. The van der Waals surface area contributed by atoms with Crippen molar-refractivity contribution >= 4 is 35.2 Å². The minimum absolute atomic E-state index is 0.0630. The highest BCUT2D eigenvalue weighted by Gasteiger charge is 2.37. The molecule has 0 saturated carbocycles. The molecule has 2 rings (SSSR count). The monoisotopic (exact) mass is 581 g/mol. The second-order valence-electron chi connectivity index (χ2n) is 12.6. The second kappa shape index (κ2) is 12.5. The van der Waals surface area contributed by atoms with Gasteiger partial charge in [-0.25, -0.2) is 22.9 Å². The number of aryl methyl sites for hydroxylation is 1. The van der Waals surface area contributed by atoms with E-state index in [1.54, 1.807) is 39.8 Å². The van der Waals surface area contributed by atoms with Crippen molar-refractivity contribution in [3.8, 4) is 5.88 Å². The van der Waals surface area contributed by atoms with E-state index in [-0.39, 0.29) is 22.4 Å². The fourth-order valence-corrected chi connectivity index (χ4v) is 6.48. The molecule has 2 aromatic rings. The lowest BCUT2D eigenvalue weighted by Gasteiger charge is -2.36. The van der Waals surface area contributed by atoms with Crippen molar-refractivity contribution in [2.24, 2.45) is 0 Å². The third-order valence-electron chi connectivity index (χ3n) is 6.95. The number of ether oxygens (including phenoxy) is 1. The number of carbonyl (C=O) groups excluding carboxylic acids is 1. The van der Waals surface area contributed by atoms with Gasteiger partial charge in [0.15, 0.2) is 8.32 Å². The lowest BCUT2D eigenvalue weighted by Crippen LogP contribution is -2.46. The molecule has 1 aromatic heterocycles. The Morgan fingerprint density at radius 1 is 1.18 bits per heavy atom. The topological polar surface area (TPSA) is 118 Å². The summed E-state index contributed by atoms with van der Waals surface area (Å²) < 4.78 is 41.6. The van der Waals surface area contributed by atoms with Crippen LogP contribution in [-0.4, -0.2) is 69.2 Å². The van der Waals surface area contributed by atoms with E-state index in [1.807, 2.05) is 6.92 Å². The number of fused-ring (bicyclic) bond motifs is 1. The zero-order chi connectivity index (χ0) is 29.8. The summed E-state index contributed by atoms with van der Waals surface area (Å²) in [5.74, 6) is -0.219. The van der Waals surface area contributed by atoms with E-state index >= 15 is 0 Å². The van der Waals surface area contributed by atoms with Crippen molar-refractivity contribution in [3.05, 3.63) is 30.0 Å². The van der Waals surface area contributed by atoms with Crippen molar-refractivity contribution in [2.45, 2.75) is 103 Å². The quantitative estimate of drug-likeness (QED) is 0.254. The van der Waals surface area contributed by atoms with Crippen molar-refractivity contribution in [3.63, 3.8) is 0 Å². The van der Waals surface area contributed by atoms with Gasteiger partial charge in [-0.1, -0.05) is 33.8 Å². The maximum Gasteiger partial charge on any atom is 0.410 e. The molecule has 220 valence electrons. The molecule has 0 fully saturated rings. The zero-order valence-corrected chi connectivity index (χ0v) is 27.0. The molecule has 39 heavy (non-hydrogen) atoms. The summed E-state index contributed by atoms with van der Waals surface area (Å²) in [6.45, 7) is 20.9. The molecule has 2 N–H and O–H groups in total. The van der Waals surface area contributed by atoms with Crippen molar-refractivity contribution in [1.29, 1.82) is 0 Å². The third kappa shape index (κ3) is 8.89. The first-order valence-electron chi connectivity index (χ1n) is 13.5. The van der Waals surface area contributed by atoms with Crippen LogP contribution in [0.25, 0.3) is 10.8 Å². The molecule has 0 spiro atoms. The molecule has 1 unspecified atom stereocenters. The smallest absolute Gasteiger partial charge is 0.410 e. The molecule has 0 aliphatic heterocycles. The van der Waals surface area contributed by atoms with Gasteiger partial charge in [0.1, 0.15) is 5.60 Å². The first-order chi connectivity index (χ1) is 17.8. The minimum atomic E-state index is -3.99. The highest BCUT2D eigenvalue weighted by molar-refractivity contribution is 7.89. The third-order valence-corrected chi connectivity index (χ3v) is 13.1. The van der Waals surface area contributed by atoms with Crippen molar-refractivity contribution < 1.29 is 27.5 Å². The normalized spacial score (nSPS) is 13.9. The van der Waals surface area contributed by atoms with Gasteiger partial charge in [-0.2, -0.15) is 0 Å². The largest absolute Gasteiger partial charge is 0.493 e. The van der Waals surface area contributed by atoms with Crippen molar-refractivity contribution in [1.82, 2.24) is 14.6 Å². The number of benzene rings is 1. The van der Waals surface area contributed by atoms with E-state index in [2.05, 4.69) is 43.6 Å². The fraction of sp³-hybridized carbons (Fsp3) is 0.643. The molecular formula is C28H47N3O6SSi. The Morgan fingerprint density at radius 2 is 1.82 bits per heavy atom. The predicted molar refractivity (Wildman–Crippen MR) is 158 cm³/mol. The van der Waals surface area contributed by atoms with Gasteiger partial charge in [-0.3, -0.25) is 0 Å². The van der Waals surface area contributed by atoms with Crippen LogP contribution in [0.4, 0.5) is 4.79 Å². The maximum atomic E-state index is 13.5. The number of pyridine rings is 1. The summed E-state index contributed by atoms with van der Waals surface area (Å²) in [6.07, 6.45) is 2.14. The van der Waals surface area contributed by atoms with Gasteiger partial charge >= 0.3 is 6.09 Å². The van der Waals surface area contributed by atoms with Crippen LogP contribution in [0, 0.1) is 0 Å². The van der Waals surface area contributed by atoms with Crippen LogP contribution in [-0.2, 0) is 25.6 Å². The second-order valence-corrected chi connectivity index (χ2v) is 19.0. The van der Waals surface area contributed by atoms with Gasteiger partial charge in [0, 0.05) is 42.7 Å². The Labute approximate surface area is 235 Å². The SMILES string of the molecule is CCc1cnc(O)c2cccc(S(=O)(=O)NC(C)CN(CCCO[Si](C)(C)C(C)(C)C)C(=O)OC(C)(C)C)c12. The Morgan fingerprint density at radius 3 is 2.38 bits per heavy atom. The summed E-state index contributed by atoms with van der Waals surface area (Å²) in [6, 6.07) is 4.13. The van der Waals surface area contributed by atoms with Gasteiger partial charge in [0.2, 0.25) is 15.9 Å². The van der Waals surface area contributed by atoms with E-state index in [4.69, 9.17) is 9.16 Å². The summed E-state index contributed by atoms with van der Waals surface area (Å²) in [5.41, 5.74) is 0.0270. The molecule has 9 nitrogen and oxygen atoms in total. The van der Waals surface area contributed by atoms with Crippen molar-refractivity contribution in [2.75, 3.05) is 19.7 Å². The Hall–Kier alpha value is -2.21. The Bertz CT molecular complexity index is 1250. The van der Waals surface area contributed by atoms with Gasteiger partial charge in [-0.15, -0.1) is 0 Å². The molecule has 0 radical (unpaired) electrons. The number of hydrogen-bond acceptors (Lipinski definition) is 7. The summed E-state index contributed by atoms with van der Waals surface area (Å²) in [7, 11) is -5.92. The number of aromatic hydroxyl groups is 1.